The molecule has 0 radical (unpaired) electrons. The van der Waals surface area contributed by atoms with Crippen LogP contribution in [0.2, 0.25) is 0 Å². The molecule has 0 bridgehead atoms. The van der Waals surface area contributed by atoms with Crippen LogP contribution in [-0.4, -0.2) is 0 Å². The fraction of sp³-hybridized carbons (Fsp3) is 0.565. The average molecular weight is 349 g/mol. The van der Waals surface area contributed by atoms with E-state index in [2.05, 4.69) is 26.2 Å². The van der Waals surface area contributed by atoms with E-state index in [9.17, 15) is 8.78 Å². The minimum atomic E-state index is -0.933. The van der Waals surface area contributed by atoms with E-state index < -0.39 is 11.7 Å². The summed E-state index contributed by atoms with van der Waals surface area (Å²) in [6.07, 6.45) is 14.4. The van der Waals surface area contributed by atoms with Crippen molar-refractivity contribution in [3.05, 3.63) is 59.8 Å². The van der Waals surface area contributed by atoms with Crippen molar-refractivity contribution >= 4 is 0 Å². The van der Waals surface area contributed by atoms with Gasteiger partial charge in [0.1, 0.15) is 0 Å². The Morgan fingerprint density at radius 2 is 1.76 bits per heavy atom. The second-order valence-electron chi connectivity index (χ2n) is 7.03. The number of halogens is 2. The first-order valence-electron chi connectivity index (χ1n) is 9.77. The van der Waals surface area contributed by atoms with Gasteiger partial charge in [-0.3, -0.25) is 0 Å². The van der Waals surface area contributed by atoms with Gasteiger partial charge in [0, 0.05) is 5.57 Å². The van der Waals surface area contributed by atoms with E-state index in [1.807, 2.05) is 19.9 Å². The van der Waals surface area contributed by atoms with Crippen LogP contribution >= 0.6 is 0 Å². The molecular weight excluding hydrogens is 314 g/mol. The molecular formula is C23H34F2. The smallest absolute Gasteiger partial charge is 0.165 e. The Labute approximate surface area is 153 Å². The molecule has 0 saturated heterocycles. The molecule has 2 heteroatoms. The largest absolute Gasteiger partial charge is 0.204 e. The molecule has 2 rings (SSSR count). The molecule has 2 aliphatic carbocycles. The molecule has 0 spiro atoms. The second-order valence-corrected chi connectivity index (χ2v) is 7.03. The highest BCUT2D eigenvalue weighted by atomic mass is 19.2. The van der Waals surface area contributed by atoms with Gasteiger partial charge in [-0.25, -0.2) is 8.78 Å². The van der Waals surface area contributed by atoms with Gasteiger partial charge >= 0.3 is 0 Å². The van der Waals surface area contributed by atoms with Gasteiger partial charge in [-0.05, 0) is 49.2 Å². The maximum absolute atomic E-state index is 13.8. The quantitative estimate of drug-likeness (QED) is 0.425. The summed E-state index contributed by atoms with van der Waals surface area (Å²) in [6.45, 7) is 13.3. The van der Waals surface area contributed by atoms with E-state index >= 15 is 0 Å². The standard InChI is InChI=1S/C21H28F2.C2H6/c1-4-20(22)21(23)16(3)19-13-11-18(12-14-19)10-9-17-7-5-15(2)6-8-17;1-2/h4,11,13,15,17H,1,3,5-10,12,14H2,2H3;1-2H3/b21-20-;. The van der Waals surface area contributed by atoms with E-state index in [0.29, 0.717) is 0 Å². The highest BCUT2D eigenvalue weighted by molar-refractivity contribution is 5.47. The number of hydrogen-bond donors (Lipinski definition) is 0. The molecule has 0 unspecified atom stereocenters. The van der Waals surface area contributed by atoms with Crippen molar-refractivity contribution in [2.24, 2.45) is 11.8 Å². The molecule has 0 heterocycles. The van der Waals surface area contributed by atoms with Gasteiger partial charge in [-0.2, -0.15) is 0 Å². The minimum absolute atomic E-state index is 0.152. The summed E-state index contributed by atoms with van der Waals surface area (Å²) >= 11 is 0. The van der Waals surface area contributed by atoms with Crippen molar-refractivity contribution < 1.29 is 8.78 Å². The molecule has 140 valence electrons. The molecule has 1 fully saturated rings. The molecule has 0 amide bonds. The van der Waals surface area contributed by atoms with Gasteiger partial charge in [0.2, 0.25) is 0 Å². The molecule has 0 aromatic rings. The van der Waals surface area contributed by atoms with E-state index in [0.717, 1.165) is 42.7 Å². The third-order valence-electron chi connectivity index (χ3n) is 5.29. The van der Waals surface area contributed by atoms with Gasteiger partial charge in [-0.1, -0.05) is 77.3 Å². The Morgan fingerprint density at radius 1 is 1.12 bits per heavy atom. The van der Waals surface area contributed by atoms with Crippen LogP contribution in [-0.2, 0) is 0 Å². The zero-order chi connectivity index (χ0) is 18.8. The maximum atomic E-state index is 13.8. The molecule has 0 N–H and O–H groups in total. The van der Waals surface area contributed by atoms with Gasteiger partial charge < -0.3 is 0 Å². The Bertz CT molecular complexity index is 540. The lowest BCUT2D eigenvalue weighted by Gasteiger charge is -2.26. The fourth-order valence-electron chi connectivity index (χ4n) is 3.52. The predicted molar refractivity (Wildman–Crippen MR) is 106 cm³/mol. The molecule has 0 aromatic carbocycles. The van der Waals surface area contributed by atoms with Crippen molar-refractivity contribution in [1.82, 2.24) is 0 Å². The number of rotatable bonds is 6. The summed E-state index contributed by atoms with van der Waals surface area (Å²) in [4.78, 5) is 0. The molecule has 0 aromatic heterocycles. The van der Waals surface area contributed by atoms with Crippen molar-refractivity contribution in [2.45, 2.75) is 72.1 Å². The molecule has 2 aliphatic rings. The molecule has 1 saturated carbocycles. The monoisotopic (exact) mass is 348 g/mol. The lowest BCUT2D eigenvalue weighted by atomic mass is 9.79. The SMILES string of the molecule is C=C/C(F)=C(/F)C(=C)C1=CC=C(CCC2CCC(C)CC2)CC1.CC. The molecule has 0 nitrogen and oxygen atoms in total. The van der Waals surface area contributed by atoms with Crippen LogP contribution in [0.15, 0.2) is 59.8 Å². The van der Waals surface area contributed by atoms with Gasteiger partial charge in [0.25, 0.3) is 0 Å². The first-order valence-corrected chi connectivity index (χ1v) is 9.77. The van der Waals surface area contributed by atoms with E-state index in [1.165, 1.54) is 37.7 Å². The summed E-state index contributed by atoms with van der Waals surface area (Å²) in [5.41, 5.74) is 2.36. The third kappa shape index (κ3) is 6.76. The highest BCUT2D eigenvalue weighted by Crippen LogP contribution is 2.35. The predicted octanol–water partition coefficient (Wildman–Crippen LogP) is 8.16. The van der Waals surface area contributed by atoms with E-state index in [1.54, 1.807) is 0 Å². The summed E-state index contributed by atoms with van der Waals surface area (Å²) in [5.74, 6) is -0.0540. The van der Waals surface area contributed by atoms with Gasteiger partial charge in [-0.15, -0.1) is 0 Å². The minimum Gasteiger partial charge on any atom is -0.204 e. The summed E-state index contributed by atoms with van der Waals surface area (Å²) < 4.78 is 27.0. The topological polar surface area (TPSA) is 0 Å². The highest BCUT2D eigenvalue weighted by Gasteiger charge is 2.19. The average Bonchev–Trinajstić information content (AvgIpc) is 2.67. The fourth-order valence-corrected chi connectivity index (χ4v) is 3.52. The Morgan fingerprint density at radius 3 is 2.28 bits per heavy atom. The van der Waals surface area contributed by atoms with Crippen LogP contribution in [0.4, 0.5) is 8.78 Å². The van der Waals surface area contributed by atoms with Crippen LogP contribution < -0.4 is 0 Å². The second kappa shape index (κ2) is 11.2. The number of allylic oxidation sites excluding steroid dienone is 8. The van der Waals surface area contributed by atoms with Gasteiger partial charge in [0.05, 0.1) is 0 Å². The van der Waals surface area contributed by atoms with Crippen LogP contribution in [0, 0.1) is 11.8 Å². The third-order valence-corrected chi connectivity index (χ3v) is 5.29. The first kappa shape index (κ1) is 21.6. The maximum Gasteiger partial charge on any atom is 0.165 e. The van der Waals surface area contributed by atoms with Crippen molar-refractivity contribution in [2.75, 3.05) is 0 Å². The van der Waals surface area contributed by atoms with Crippen molar-refractivity contribution in [1.29, 1.82) is 0 Å². The van der Waals surface area contributed by atoms with Crippen molar-refractivity contribution in [3.8, 4) is 0 Å². The zero-order valence-corrected chi connectivity index (χ0v) is 16.2. The lowest BCUT2D eigenvalue weighted by molar-refractivity contribution is 0.277. The number of hydrogen-bond acceptors (Lipinski definition) is 0. The molecule has 0 aliphatic heterocycles. The van der Waals surface area contributed by atoms with E-state index in [-0.39, 0.29) is 5.57 Å². The summed E-state index contributed by atoms with van der Waals surface area (Å²) in [7, 11) is 0. The Hall–Kier alpha value is -1.44. The Balaban J connectivity index is 0.00000151. The lowest BCUT2D eigenvalue weighted by Crippen LogP contribution is -2.12. The van der Waals surface area contributed by atoms with Crippen LogP contribution in [0.5, 0.6) is 0 Å². The zero-order valence-electron chi connectivity index (χ0n) is 16.2. The van der Waals surface area contributed by atoms with Gasteiger partial charge in [0.15, 0.2) is 11.7 Å². The van der Waals surface area contributed by atoms with Crippen molar-refractivity contribution in [3.63, 3.8) is 0 Å². The first-order chi connectivity index (χ1) is 12.0. The van der Waals surface area contributed by atoms with E-state index in [4.69, 9.17) is 0 Å². The summed E-state index contributed by atoms with van der Waals surface area (Å²) in [6, 6.07) is 0. The molecule has 25 heavy (non-hydrogen) atoms. The van der Waals surface area contributed by atoms with Crippen LogP contribution in [0.25, 0.3) is 0 Å². The molecule has 0 atom stereocenters. The Kier molecular flexibility index (Phi) is 9.70. The van der Waals surface area contributed by atoms with Crippen LogP contribution in [0.1, 0.15) is 72.1 Å². The summed E-state index contributed by atoms with van der Waals surface area (Å²) in [5, 5.41) is 0. The normalized spacial score (nSPS) is 24.2. The van der Waals surface area contributed by atoms with Crippen LogP contribution in [0.3, 0.4) is 0 Å².